The van der Waals surface area contributed by atoms with Crippen LogP contribution in [0.15, 0.2) is 30.3 Å². The molecular formula is C15H24ClNO2. The minimum Gasteiger partial charge on any atom is -0.480 e. The smallest absolute Gasteiger partial charge is 0.328 e. The molecule has 1 unspecified atom stereocenters. The Morgan fingerprint density at radius 3 is 2.26 bits per heavy atom. The Balaban J connectivity index is 0.00000324. The fourth-order valence-electron chi connectivity index (χ4n) is 2.12. The zero-order chi connectivity index (χ0) is 13.4. The topological polar surface area (TPSA) is 63.3 Å². The van der Waals surface area contributed by atoms with E-state index in [1.807, 2.05) is 18.2 Å². The number of hydrogen-bond donors (Lipinski definition) is 2. The minimum atomic E-state index is -1.24. The zero-order valence-corrected chi connectivity index (χ0v) is 12.3. The summed E-state index contributed by atoms with van der Waals surface area (Å²) in [5.74, 6) is -0.941. The maximum Gasteiger partial charge on any atom is 0.328 e. The quantitative estimate of drug-likeness (QED) is 0.716. The molecule has 0 saturated heterocycles. The summed E-state index contributed by atoms with van der Waals surface area (Å²) in [5.41, 5.74) is 5.52. The molecule has 1 aromatic rings. The van der Waals surface area contributed by atoms with E-state index in [4.69, 9.17) is 5.73 Å². The lowest BCUT2D eigenvalue weighted by Gasteiger charge is -2.25. The van der Waals surface area contributed by atoms with Gasteiger partial charge in [-0.05, 0) is 12.0 Å². The van der Waals surface area contributed by atoms with Gasteiger partial charge < -0.3 is 10.8 Å². The van der Waals surface area contributed by atoms with Crippen LogP contribution in [0.5, 0.6) is 0 Å². The molecule has 0 radical (unpaired) electrons. The van der Waals surface area contributed by atoms with Crippen molar-refractivity contribution < 1.29 is 9.90 Å². The van der Waals surface area contributed by atoms with E-state index in [-0.39, 0.29) is 12.4 Å². The van der Waals surface area contributed by atoms with Gasteiger partial charge >= 0.3 is 5.97 Å². The molecule has 0 aromatic heterocycles. The van der Waals surface area contributed by atoms with E-state index in [2.05, 4.69) is 6.92 Å². The van der Waals surface area contributed by atoms with Gasteiger partial charge in [-0.1, -0.05) is 69.4 Å². The van der Waals surface area contributed by atoms with Gasteiger partial charge in [-0.2, -0.15) is 0 Å². The van der Waals surface area contributed by atoms with Crippen molar-refractivity contribution in [1.82, 2.24) is 0 Å². The molecule has 0 aliphatic carbocycles. The molecule has 0 spiro atoms. The molecule has 4 heteroatoms. The molecule has 1 aromatic carbocycles. The van der Waals surface area contributed by atoms with Crippen molar-refractivity contribution in [2.24, 2.45) is 5.73 Å². The van der Waals surface area contributed by atoms with Gasteiger partial charge in [-0.15, -0.1) is 12.4 Å². The van der Waals surface area contributed by atoms with Crippen molar-refractivity contribution in [1.29, 1.82) is 0 Å². The Morgan fingerprint density at radius 1 is 1.16 bits per heavy atom. The van der Waals surface area contributed by atoms with Crippen LogP contribution in [0.2, 0.25) is 0 Å². The summed E-state index contributed by atoms with van der Waals surface area (Å²) in [7, 11) is 0. The number of aliphatic carboxylic acids is 1. The third-order valence-electron chi connectivity index (χ3n) is 3.35. The number of benzene rings is 1. The van der Waals surface area contributed by atoms with Crippen LogP contribution >= 0.6 is 12.4 Å². The fraction of sp³-hybridized carbons (Fsp3) is 0.533. The predicted molar refractivity (Wildman–Crippen MR) is 80.6 cm³/mol. The third-order valence-corrected chi connectivity index (χ3v) is 3.35. The summed E-state index contributed by atoms with van der Waals surface area (Å²) in [4.78, 5) is 11.4. The highest BCUT2D eigenvalue weighted by Crippen LogP contribution is 2.25. The van der Waals surface area contributed by atoms with Crippen LogP contribution in [-0.2, 0) is 10.3 Å². The lowest BCUT2D eigenvalue weighted by Crippen LogP contribution is -2.44. The molecule has 0 fully saturated rings. The molecule has 0 aliphatic rings. The average Bonchev–Trinajstić information content (AvgIpc) is 2.39. The van der Waals surface area contributed by atoms with E-state index in [1.165, 1.54) is 12.8 Å². The summed E-state index contributed by atoms with van der Waals surface area (Å²) in [6.45, 7) is 2.16. The number of carboxylic acid groups (broad SMARTS) is 1. The van der Waals surface area contributed by atoms with Crippen molar-refractivity contribution >= 4 is 18.4 Å². The Hall–Kier alpha value is -1.06. The summed E-state index contributed by atoms with van der Waals surface area (Å²) in [5, 5.41) is 9.36. The van der Waals surface area contributed by atoms with Crippen LogP contribution in [0.3, 0.4) is 0 Å². The first-order chi connectivity index (χ1) is 8.61. The second-order valence-corrected chi connectivity index (χ2v) is 4.81. The van der Waals surface area contributed by atoms with Gasteiger partial charge in [-0.25, -0.2) is 4.79 Å². The standard InChI is InChI=1S/C15H23NO2.ClH/c1-2-3-4-5-9-12-15(16,14(17)18)13-10-7-6-8-11-13;/h6-8,10-11H,2-5,9,12,16H2,1H3,(H,17,18);1H. The Labute approximate surface area is 121 Å². The lowest BCUT2D eigenvalue weighted by molar-refractivity contribution is -0.144. The van der Waals surface area contributed by atoms with E-state index in [1.54, 1.807) is 12.1 Å². The van der Waals surface area contributed by atoms with Gasteiger partial charge in [0.05, 0.1) is 0 Å². The van der Waals surface area contributed by atoms with Crippen LogP contribution in [0, 0.1) is 0 Å². The van der Waals surface area contributed by atoms with E-state index in [0.29, 0.717) is 12.0 Å². The number of hydrogen-bond acceptors (Lipinski definition) is 2. The highest BCUT2D eigenvalue weighted by molar-refractivity contribution is 5.85. The molecule has 19 heavy (non-hydrogen) atoms. The monoisotopic (exact) mass is 285 g/mol. The van der Waals surface area contributed by atoms with Gasteiger partial charge in [0.25, 0.3) is 0 Å². The van der Waals surface area contributed by atoms with Gasteiger partial charge in [0.2, 0.25) is 0 Å². The van der Waals surface area contributed by atoms with Crippen molar-refractivity contribution in [3.8, 4) is 0 Å². The van der Waals surface area contributed by atoms with E-state index >= 15 is 0 Å². The van der Waals surface area contributed by atoms with Crippen molar-refractivity contribution in [2.45, 2.75) is 51.0 Å². The van der Waals surface area contributed by atoms with Crippen molar-refractivity contribution in [3.05, 3.63) is 35.9 Å². The first-order valence-corrected chi connectivity index (χ1v) is 6.69. The predicted octanol–water partition coefficient (Wildman–Crippen LogP) is 3.71. The molecule has 0 saturated carbocycles. The minimum absolute atomic E-state index is 0. The molecular weight excluding hydrogens is 262 g/mol. The second-order valence-electron chi connectivity index (χ2n) is 4.81. The highest BCUT2D eigenvalue weighted by Gasteiger charge is 2.35. The van der Waals surface area contributed by atoms with Crippen molar-refractivity contribution in [2.75, 3.05) is 0 Å². The van der Waals surface area contributed by atoms with E-state index in [9.17, 15) is 9.90 Å². The zero-order valence-electron chi connectivity index (χ0n) is 11.5. The molecule has 3 nitrogen and oxygen atoms in total. The number of carbonyl (C=O) groups is 1. The summed E-state index contributed by atoms with van der Waals surface area (Å²) in [6, 6.07) is 9.11. The molecule has 108 valence electrons. The van der Waals surface area contributed by atoms with Gasteiger partial charge in [0.15, 0.2) is 0 Å². The van der Waals surface area contributed by atoms with Crippen LogP contribution in [0.25, 0.3) is 0 Å². The first-order valence-electron chi connectivity index (χ1n) is 6.69. The molecule has 1 atom stereocenters. The molecule has 0 heterocycles. The number of nitrogens with two attached hydrogens (primary N) is 1. The molecule has 0 bridgehead atoms. The lowest BCUT2D eigenvalue weighted by atomic mass is 9.85. The number of halogens is 1. The van der Waals surface area contributed by atoms with Crippen LogP contribution < -0.4 is 5.73 Å². The van der Waals surface area contributed by atoms with Gasteiger partial charge in [-0.3, -0.25) is 0 Å². The molecule has 0 aliphatic heterocycles. The Morgan fingerprint density at radius 2 is 1.74 bits per heavy atom. The van der Waals surface area contributed by atoms with Crippen LogP contribution in [0.1, 0.15) is 51.0 Å². The SMILES string of the molecule is CCCCCCCC(N)(C(=O)O)c1ccccc1.Cl. The highest BCUT2D eigenvalue weighted by atomic mass is 35.5. The number of carboxylic acids is 1. The Kier molecular flexibility index (Phi) is 8.44. The molecule has 3 N–H and O–H groups in total. The van der Waals surface area contributed by atoms with Crippen molar-refractivity contribution in [3.63, 3.8) is 0 Å². The van der Waals surface area contributed by atoms with Crippen LogP contribution in [-0.4, -0.2) is 11.1 Å². The number of rotatable bonds is 8. The second kappa shape index (κ2) is 8.94. The first kappa shape index (κ1) is 17.9. The van der Waals surface area contributed by atoms with Crippen LogP contribution in [0.4, 0.5) is 0 Å². The summed E-state index contributed by atoms with van der Waals surface area (Å²) >= 11 is 0. The largest absolute Gasteiger partial charge is 0.480 e. The maximum atomic E-state index is 11.4. The normalized spacial score (nSPS) is 13.4. The summed E-state index contributed by atoms with van der Waals surface area (Å²) in [6.07, 6.45) is 5.95. The van der Waals surface area contributed by atoms with Gasteiger partial charge in [0.1, 0.15) is 5.54 Å². The Bertz CT molecular complexity index is 370. The fourth-order valence-corrected chi connectivity index (χ4v) is 2.12. The van der Waals surface area contributed by atoms with E-state index in [0.717, 1.165) is 19.3 Å². The number of unbranched alkanes of at least 4 members (excludes halogenated alkanes) is 4. The van der Waals surface area contributed by atoms with Gasteiger partial charge in [0, 0.05) is 0 Å². The molecule has 0 amide bonds. The maximum absolute atomic E-state index is 11.4. The summed E-state index contributed by atoms with van der Waals surface area (Å²) < 4.78 is 0. The van der Waals surface area contributed by atoms with E-state index < -0.39 is 11.5 Å². The average molecular weight is 286 g/mol. The third kappa shape index (κ3) is 5.21. The molecule has 1 rings (SSSR count).